The number of aryl methyl sites for hydroxylation is 1. The Morgan fingerprint density at radius 3 is 2.35 bits per heavy atom. The van der Waals surface area contributed by atoms with Crippen LogP contribution < -0.4 is 10.1 Å². The van der Waals surface area contributed by atoms with Crippen LogP contribution in [0.3, 0.4) is 0 Å². The summed E-state index contributed by atoms with van der Waals surface area (Å²) in [5.41, 5.74) is 3.23. The first-order valence-corrected chi connectivity index (χ1v) is 11.5. The van der Waals surface area contributed by atoms with Crippen molar-refractivity contribution in [2.75, 3.05) is 11.1 Å². The van der Waals surface area contributed by atoms with E-state index in [1.165, 1.54) is 22.9 Å². The van der Waals surface area contributed by atoms with Crippen molar-refractivity contribution in [3.8, 4) is 5.75 Å². The summed E-state index contributed by atoms with van der Waals surface area (Å²) < 4.78 is 8.02. The molecular weight excluding hydrogens is 408 g/mol. The minimum atomic E-state index is -0.252. The fourth-order valence-electron chi connectivity index (χ4n) is 3.16. The molecule has 3 rings (SSSR count). The second kappa shape index (κ2) is 10.5. The molecule has 31 heavy (non-hydrogen) atoms. The molecule has 0 aliphatic rings. The summed E-state index contributed by atoms with van der Waals surface area (Å²) in [6.07, 6.45) is -0.252. The van der Waals surface area contributed by atoms with Crippen LogP contribution in [0.1, 0.15) is 56.7 Å². The van der Waals surface area contributed by atoms with Crippen LogP contribution in [0.2, 0.25) is 0 Å². The lowest BCUT2D eigenvalue weighted by atomic mass is 10.0. The second-order valence-electron chi connectivity index (χ2n) is 7.77. The van der Waals surface area contributed by atoms with E-state index in [2.05, 4.69) is 29.4 Å². The largest absolute Gasteiger partial charge is 0.483 e. The van der Waals surface area contributed by atoms with Crippen LogP contribution >= 0.6 is 11.8 Å². The van der Waals surface area contributed by atoms with Crippen molar-refractivity contribution >= 4 is 23.4 Å². The molecule has 0 aliphatic heterocycles. The van der Waals surface area contributed by atoms with Gasteiger partial charge in [-0.3, -0.25) is 4.79 Å². The molecule has 1 aromatic heterocycles. The van der Waals surface area contributed by atoms with E-state index in [-0.39, 0.29) is 17.8 Å². The molecule has 0 aliphatic carbocycles. The van der Waals surface area contributed by atoms with Gasteiger partial charge in [-0.15, -0.1) is 10.2 Å². The molecule has 1 heterocycles. The van der Waals surface area contributed by atoms with Crippen LogP contribution in [0.25, 0.3) is 0 Å². The topological polar surface area (TPSA) is 69.0 Å². The monoisotopic (exact) mass is 438 g/mol. The van der Waals surface area contributed by atoms with Gasteiger partial charge in [-0.25, -0.2) is 0 Å². The van der Waals surface area contributed by atoms with Gasteiger partial charge in [0.15, 0.2) is 17.1 Å². The zero-order valence-corrected chi connectivity index (χ0v) is 19.6. The van der Waals surface area contributed by atoms with E-state index in [9.17, 15) is 4.79 Å². The highest BCUT2D eigenvalue weighted by Crippen LogP contribution is 2.25. The van der Waals surface area contributed by atoms with Gasteiger partial charge in [-0.05, 0) is 56.5 Å². The number of benzene rings is 2. The Balaban J connectivity index is 1.59. The van der Waals surface area contributed by atoms with Crippen LogP contribution in [0.4, 0.5) is 5.69 Å². The number of carbonyl (C=O) groups excluding carboxylic acids is 1. The smallest absolute Gasteiger partial charge is 0.234 e. The molecule has 7 heteroatoms. The molecule has 0 saturated carbocycles. The average molecular weight is 439 g/mol. The van der Waals surface area contributed by atoms with Crippen LogP contribution in [-0.2, 0) is 11.3 Å². The molecule has 0 radical (unpaired) electrons. The number of hydrogen-bond acceptors (Lipinski definition) is 5. The molecule has 1 N–H and O–H groups in total. The first-order valence-electron chi connectivity index (χ1n) is 10.6. The lowest BCUT2D eigenvalue weighted by Gasteiger charge is -2.15. The third kappa shape index (κ3) is 6.10. The number of hydrogen-bond donors (Lipinski definition) is 1. The lowest BCUT2D eigenvalue weighted by molar-refractivity contribution is -0.113. The third-order valence-electron chi connectivity index (χ3n) is 4.95. The molecule has 0 fully saturated rings. The van der Waals surface area contributed by atoms with Crippen LogP contribution in [0.15, 0.2) is 53.7 Å². The highest BCUT2D eigenvalue weighted by Gasteiger charge is 2.19. The predicted molar refractivity (Wildman–Crippen MR) is 126 cm³/mol. The van der Waals surface area contributed by atoms with E-state index in [4.69, 9.17) is 4.74 Å². The Labute approximate surface area is 188 Å². The number of aromatic nitrogens is 3. The molecule has 164 valence electrons. The molecule has 0 spiro atoms. The number of anilines is 1. The molecule has 0 saturated heterocycles. The van der Waals surface area contributed by atoms with Gasteiger partial charge >= 0.3 is 0 Å². The van der Waals surface area contributed by atoms with Gasteiger partial charge in [0.1, 0.15) is 5.75 Å². The summed E-state index contributed by atoms with van der Waals surface area (Å²) >= 11 is 1.38. The van der Waals surface area contributed by atoms with Crippen molar-refractivity contribution in [1.29, 1.82) is 0 Å². The van der Waals surface area contributed by atoms with E-state index in [0.29, 0.717) is 17.6 Å². The van der Waals surface area contributed by atoms with Crippen molar-refractivity contribution in [3.63, 3.8) is 0 Å². The van der Waals surface area contributed by atoms with Gasteiger partial charge in [0.25, 0.3) is 0 Å². The Hall–Kier alpha value is -2.80. The normalized spacial score (nSPS) is 12.1. The molecule has 1 amide bonds. The fraction of sp³-hybridized carbons (Fsp3) is 0.375. The predicted octanol–water partition coefficient (Wildman–Crippen LogP) is 5.60. The molecule has 1 unspecified atom stereocenters. The Morgan fingerprint density at radius 2 is 1.74 bits per heavy atom. The Bertz CT molecular complexity index is 997. The van der Waals surface area contributed by atoms with Gasteiger partial charge in [0, 0.05) is 12.2 Å². The standard InChI is InChI=1S/C24H30N4O2S/c1-6-28-23(18(5)30-21-13-7-17(4)8-14-21)26-27-24(28)31-15-22(29)25-20-11-9-19(10-12-20)16(2)3/h7-14,16,18H,6,15H2,1-5H3,(H,25,29). The maximum atomic E-state index is 12.4. The van der Waals surface area contributed by atoms with E-state index in [1.807, 2.05) is 73.9 Å². The van der Waals surface area contributed by atoms with Crippen LogP contribution in [-0.4, -0.2) is 26.4 Å². The molecule has 2 aromatic carbocycles. The first-order chi connectivity index (χ1) is 14.9. The zero-order valence-electron chi connectivity index (χ0n) is 18.8. The van der Waals surface area contributed by atoms with Crippen molar-refractivity contribution in [2.24, 2.45) is 0 Å². The summed E-state index contributed by atoms with van der Waals surface area (Å²) in [6.45, 7) is 11.0. The molecular formula is C24H30N4O2S. The molecule has 1 atom stereocenters. The van der Waals surface area contributed by atoms with Crippen molar-refractivity contribution in [1.82, 2.24) is 14.8 Å². The first kappa shape index (κ1) is 22.9. The number of nitrogens with one attached hydrogen (secondary N) is 1. The lowest BCUT2D eigenvalue weighted by Crippen LogP contribution is -2.15. The minimum Gasteiger partial charge on any atom is -0.483 e. The number of rotatable bonds is 9. The fourth-order valence-corrected chi connectivity index (χ4v) is 3.97. The van der Waals surface area contributed by atoms with E-state index in [1.54, 1.807) is 0 Å². The number of carbonyl (C=O) groups is 1. The van der Waals surface area contributed by atoms with Gasteiger partial charge in [-0.2, -0.15) is 0 Å². The maximum Gasteiger partial charge on any atom is 0.234 e. The Morgan fingerprint density at radius 1 is 1.06 bits per heavy atom. The van der Waals surface area contributed by atoms with E-state index >= 15 is 0 Å². The SMILES string of the molecule is CCn1c(SCC(=O)Nc2ccc(C(C)C)cc2)nnc1C(C)Oc1ccc(C)cc1. The number of nitrogens with zero attached hydrogens (tertiary/aromatic N) is 3. The highest BCUT2D eigenvalue weighted by molar-refractivity contribution is 7.99. The van der Waals surface area contributed by atoms with Crippen molar-refractivity contribution in [3.05, 3.63) is 65.5 Å². The van der Waals surface area contributed by atoms with E-state index < -0.39 is 0 Å². The van der Waals surface area contributed by atoms with Crippen LogP contribution in [0.5, 0.6) is 5.75 Å². The molecule has 0 bridgehead atoms. The number of amides is 1. The van der Waals surface area contributed by atoms with Crippen molar-refractivity contribution < 1.29 is 9.53 Å². The van der Waals surface area contributed by atoms with Gasteiger partial charge < -0.3 is 14.6 Å². The quantitative estimate of drug-likeness (QED) is 0.440. The number of thioether (sulfide) groups is 1. The summed E-state index contributed by atoms with van der Waals surface area (Å²) in [5.74, 6) is 2.19. The third-order valence-corrected chi connectivity index (χ3v) is 5.92. The molecule has 6 nitrogen and oxygen atoms in total. The summed E-state index contributed by atoms with van der Waals surface area (Å²) in [7, 11) is 0. The highest BCUT2D eigenvalue weighted by atomic mass is 32.2. The minimum absolute atomic E-state index is 0.0709. The maximum absolute atomic E-state index is 12.4. The average Bonchev–Trinajstić information content (AvgIpc) is 3.17. The summed E-state index contributed by atoms with van der Waals surface area (Å²) in [5, 5.41) is 12.3. The van der Waals surface area contributed by atoms with E-state index in [0.717, 1.165) is 17.3 Å². The zero-order chi connectivity index (χ0) is 22.4. The second-order valence-corrected chi connectivity index (χ2v) is 8.71. The van der Waals surface area contributed by atoms with Gasteiger partial charge in [0.05, 0.1) is 5.75 Å². The molecule has 3 aromatic rings. The van der Waals surface area contributed by atoms with Crippen molar-refractivity contribution in [2.45, 2.75) is 58.3 Å². The van der Waals surface area contributed by atoms with Gasteiger partial charge in [0.2, 0.25) is 5.91 Å². The summed E-state index contributed by atoms with van der Waals surface area (Å²) in [6, 6.07) is 15.9. The Kier molecular flexibility index (Phi) is 7.74. The summed E-state index contributed by atoms with van der Waals surface area (Å²) in [4.78, 5) is 12.4. The van der Waals surface area contributed by atoms with Gasteiger partial charge in [-0.1, -0.05) is 55.4 Å². The van der Waals surface area contributed by atoms with Crippen LogP contribution in [0, 0.1) is 6.92 Å². The number of ether oxygens (including phenoxy) is 1.